The van der Waals surface area contributed by atoms with Gasteiger partial charge in [-0.1, -0.05) is 32.0 Å². The van der Waals surface area contributed by atoms with Crippen LogP contribution >= 0.6 is 0 Å². The lowest BCUT2D eigenvalue weighted by molar-refractivity contribution is -0.144. The summed E-state index contributed by atoms with van der Waals surface area (Å²) in [7, 11) is 0. The first-order chi connectivity index (χ1) is 22.7. The number of hydrogen-bond donors (Lipinski definition) is 1. The van der Waals surface area contributed by atoms with Gasteiger partial charge in [0.15, 0.2) is 0 Å². The quantitative estimate of drug-likeness (QED) is 0.218. The molecule has 0 aliphatic carbocycles. The maximum atomic E-state index is 16.0. The van der Waals surface area contributed by atoms with Gasteiger partial charge in [-0.25, -0.2) is 17.9 Å². The molecule has 260 valence electrons. The number of carbonyl (C=O) groups is 2. The molecule has 1 aliphatic heterocycles. The largest absolute Gasteiger partial charge is 0.466 e. The first kappa shape index (κ1) is 36.8. The summed E-state index contributed by atoms with van der Waals surface area (Å²) in [5, 5.41) is 7.43. The fourth-order valence-corrected chi connectivity index (χ4v) is 6.41. The molecule has 0 radical (unpaired) electrons. The van der Waals surface area contributed by atoms with E-state index in [1.807, 2.05) is 45.9 Å². The molecule has 4 atom stereocenters. The molecule has 8 nitrogen and oxygen atoms in total. The van der Waals surface area contributed by atoms with Crippen molar-refractivity contribution in [1.82, 2.24) is 20.0 Å². The third kappa shape index (κ3) is 8.72. The summed E-state index contributed by atoms with van der Waals surface area (Å²) in [6.45, 7) is 13.1. The number of likely N-dealkylation sites (tertiary alicyclic amines) is 1. The maximum absolute atomic E-state index is 16.0. The Hall–Kier alpha value is -3.99. The van der Waals surface area contributed by atoms with Crippen molar-refractivity contribution in [3.8, 4) is 11.1 Å². The third-order valence-corrected chi connectivity index (χ3v) is 8.82. The molecule has 1 aromatic heterocycles. The van der Waals surface area contributed by atoms with Gasteiger partial charge in [-0.15, -0.1) is 0 Å². The first-order valence-electron chi connectivity index (χ1n) is 16.6. The minimum absolute atomic E-state index is 0.0132. The highest BCUT2D eigenvalue weighted by atomic mass is 19.2. The summed E-state index contributed by atoms with van der Waals surface area (Å²) in [6, 6.07) is 8.74. The second-order valence-corrected chi connectivity index (χ2v) is 13.3. The molecule has 0 bridgehead atoms. The van der Waals surface area contributed by atoms with Crippen molar-refractivity contribution >= 4 is 11.9 Å². The predicted octanol–water partition coefficient (Wildman–Crippen LogP) is 6.22. The smallest absolute Gasteiger partial charge is 0.308 e. The maximum Gasteiger partial charge on any atom is 0.308 e. The van der Waals surface area contributed by atoms with Crippen LogP contribution in [0.5, 0.6) is 0 Å². The number of aromatic nitrogens is 2. The minimum Gasteiger partial charge on any atom is -0.466 e. The van der Waals surface area contributed by atoms with Crippen molar-refractivity contribution in [2.24, 2.45) is 5.92 Å². The third-order valence-electron chi connectivity index (χ3n) is 8.82. The van der Waals surface area contributed by atoms with E-state index < -0.39 is 47.7 Å². The minimum atomic E-state index is -1.54. The van der Waals surface area contributed by atoms with Gasteiger partial charge in [0.1, 0.15) is 24.2 Å². The van der Waals surface area contributed by atoms with Crippen LogP contribution in [0.4, 0.5) is 13.2 Å². The van der Waals surface area contributed by atoms with Gasteiger partial charge in [0, 0.05) is 37.2 Å². The summed E-state index contributed by atoms with van der Waals surface area (Å²) in [5.74, 6) is -1.81. The van der Waals surface area contributed by atoms with E-state index >= 15 is 4.39 Å². The molecule has 11 heteroatoms. The second kappa shape index (κ2) is 15.9. The molecule has 2 aromatic carbocycles. The van der Waals surface area contributed by atoms with E-state index in [2.05, 4.69) is 10.4 Å². The molecular formula is C37H47F3N4O4. The Labute approximate surface area is 280 Å². The zero-order chi connectivity index (χ0) is 35.3. The van der Waals surface area contributed by atoms with E-state index in [-0.39, 0.29) is 44.0 Å². The van der Waals surface area contributed by atoms with E-state index in [9.17, 15) is 23.2 Å². The van der Waals surface area contributed by atoms with E-state index in [4.69, 9.17) is 4.74 Å². The number of ether oxygens (including phenoxy) is 1. The average molecular weight is 669 g/mol. The molecule has 0 saturated carbocycles. The highest BCUT2D eigenvalue weighted by Gasteiger charge is 2.33. The van der Waals surface area contributed by atoms with Crippen molar-refractivity contribution in [2.75, 3.05) is 26.2 Å². The van der Waals surface area contributed by atoms with Gasteiger partial charge in [0.25, 0.3) is 5.56 Å². The monoisotopic (exact) mass is 668 g/mol. The Morgan fingerprint density at radius 1 is 1.00 bits per heavy atom. The number of hydrogen-bond acceptors (Lipinski definition) is 6. The van der Waals surface area contributed by atoms with Crippen molar-refractivity contribution in [3.05, 3.63) is 86.1 Å². The van der Waals surface area contributed by atoms with Crippen LogP contribution in [0.15, 0.2) is 41.2 Å². The van der Waals surface area contributed by atoms with Crippen molar-refractivity contribution in [3.63, 3.8) is 0 Å². The van der Waals surface area contributed by atoms with Gasteiger partial charge in [0.05, 0.1) is 24.8 Å². The number of benzene rings is 2. The second-order valence-electron chi connectivity index (χ2n) is 13.3. The number of nitrogens with zero attached hydrogens (tertiary/aromatic N) is 3. The summed E-state index contributed by atoms with van der Waals surface area (Å²) < 4.78 is 49.8. The number of rotatable bonds is 13. The molecule has 3 aromatic rings. The first-order valence-corrected chi connectivity index (χ1v) is 16.6. The van der Waals surface area contributed by atoms with Crippen LogP contribution in [0.2, 0.25) is 0 Å². The highest BCUT2D eigenvalue weighted by Crippen LogP contribution is 2.34. The molecule has 1 aliphatic rings. The molecule has 1 fully saturated rings. The Morgan fingerprint density at radius 2 is 1.65 bits per heavy atom. The lowest BCUT2D eigenvalue weighted by Crippen LogP contribution is -2.42. The standard InChI is InChI=1S/C37H47F3N4O4/c1-8-48-33(45)18-31(28-17-26(15-24(6)35(28)40)34-22(4)10-9-11-23(34)5)41-36(46)32(14-21(2)3)44-37(47)25(7)16-27(42-44)12-13-43-19-29(38)30(39)20-43/h9-11,15-17,21,29-32H,8,12-14,18-20H2,1-7H3,(H,41,46)/t29-,30+,31-,32-/m0/s1. The molecule has 0 unspecified atom stereocenters. The lowest BCUT2D eigenvalue weighted by atomic mass is 9.90. The predicted molar refractivity (Wildman–Crippen MR) is 180 cm³/mol. The number of alkyl halides is 2. The molecule has 48 heavy (non-hydrogen) atoms. The zero-order valence-corrected chi connectivity index (χ0v) is 28.9. The summed E-state index contributed by atoms with van der Waals surface area (Å²) in [6.07, 6.45) is -2.85. The van der Waals surface area contributed by atoms with Gasteiger partial charge in [-0.2, -0.15) is 5.10 Å². The summed E-state index contributed by atoms with van der Waals surface area (Å²) in [4.78, 5) is 42.2. The van der Waals surface area contributed by atoms with Gasteiger partial charge < -0.3 is 10.1 Å². The van der Waals surface area contributed by atoms with E-state index in [0.717, 1.165) is 26.9 Å². The molecule has 0 spiro atoms. The summed E-state index contributed by atoms with van der Waals surface area (Å²) >= 11 is 0. The van der Waals surface area contributed by atoms with E-state index in [1.54, 1.807) is 43.9 Å². The molecule has 1 N–H and O–H groups in total. The normalized spacial score (nSPS) is 17.8. The SMILES string of the molecule is CCOC(=O)C[C@H](NC(=O)[C@H](CC(C)C)n1nc(CCN2C[C@@H](F)[C@@H](F)C2)cc(C)c1=O)c1cc(-c2c(C)cccc2C)cc(C)c1F. The topological polar surface area (TPSA) is 93.5 Å². The van der Waals surface area contributed by atoms with Crippen LogP contribution in [-0.2, 0) is 20.7 Å². The Bertz CT molecular complexity index is 1660. The number of esters is 1. The number of nitrogens with one attached hydrogen (secondary N) is 1. The molecule has 1 saturated heterocycles. The highest BCUT2D eigenvalue weighted by molar-refractivity contribution is 5.82. The van der Waals surface area contributed by atoms with Crippen LogP contribution in [0.3, 0.4) is 0 Å². The van der Waals surface area contributed by atoms with E-state index in [0.29, 0.717) is 29.8 Å². The van der Waals surface area contributed by atoms with Crippen LogP contribution in [0.25, 0.3) is 11.1 Å². The van der Waals surface area contributed by atoms with Crippen LogP contribution in [-0.4, -0.2) is 65.1 Å². The number of aryl methyl sites for hydroxylation is 4. The summed E-state index contributed by atoms with van der Waals surface area (Å²) in [5.41, 5.74) is 4.55. The molecule has 4 rings (SSSR count). The fraction of sp³-hybridized carbons (Fsp3) is 0.514. The zero-order valence-electron chi connectivity index (χ0n) is 28.9. The molecular weight excluding hydrogens is 621 g/mol. The van der Waals surface area contributed by atoms with Gasteiger partial charge in [-0.3, -0.25) is 19.3 Å². The number of amides is 1. The lowest BCUT2D eigenvalue weighted by Gasteiger charge is -2.26. The Morgan fingerprint density at radius 3 is 2.25 bits per heavy atom. The van der Waals surface area contributed by atoms with Crippen LogP contribution < -0.4 is 10.9 Å². The molecule has 2 heterocycles. The fourth-order valence-electron chi connectivity index (χ4n) is 6.41. The average Bonchev–Trinajstić information content (AvgIpc) is 3.34. The van der Waals surface area contributed by atoms with Crippen molar-refractivity contribution in [1.29, 1.82) is 0 Å². The van der Waals surface area contributed by atoms with Gasteiger partial charge in [-0.05, 0) is 93.0 Å². The molecule has 1 amide bonds. The van der Waals surface area contributed by atoms with Crippen LogP contribution in [0, 0.1) is 39.4 Å². The van der Waals surface area contributed by atoms with Gasteiger partial charge in [0.2, 0.25) is 5.91 Å². The van der Waals surface area contributed by atoms with Crippen LogP contribution in [0.1, 0.15) is 79.2 Å². The Balaban J connectivity index is 1.72. The number of halogens is 3. The van der Waals surface area contributed by atoms with Crippen molar-refractivity contribution < 1.29 is 27.5 Å². The Kier molecular flexibility index (Phi) is 12.2. The number of carbonyl (C=O) groups excluding carboxylic acids is 2. The van der Waals surface area contributed by atoms with E-state index in [1.165, 1.54) is 0 Å². The van der Waals surface area contributed by atoms with Crippen molar-refractivity contribution in [2.45, 2.75) is 92.2 Å². The van der Waals surface area contributed by atoms with Gasteiger partial charge >= 0.3 is 5.97 Å².